The van der Waals surface area contributed by atoms with Gasteiger partial charge in [-0.05, 0) is 37.1 Å². The number of nitrogens with one attached hydrogen (secondary N) is 2. The van der Waals surface area contributed by atoms with Gasteiger partial charge in [0.25, 0.3) is 0 Å². The van der Waals surface area contributed by atoms with Crippen molar-refractivity contribution in [3.05, 3.63) is 22.4 Å². The standard InChI is InChI=1S/C16H27N3O2S.HI/c1-17-16(19-9-7-15-6-3-12-22-15)18-8-4-10-20-13-14-5-2-11-21-14;/h3,6,12,14H,2,4-5,7-11,13H2,1H3,(H2,17,18,19);1H. The minimum absolute atomic E-state index is 0. The summed E-state index contributed by atoms with van der Waals surface area (Å²) in [5.74, 6) is 0.857. The van der Waals surface area contributed by atoms with Gasteiger partial charge in [-0.1, -0.05) is 6.07 Å². The van der Waals surface area contributed by atoms with E-state index in [1.807, 2.05) is 0 Å². The van der Waals surface area contributed by atoms with E-state index in [-0.39, 0.29) is 24.0 Å². The molecule has 132 valence electrons. The van der Waals surface area contributed by atoms with Crippen LogP contribution in [0.4, 0.5) is 0 Å². The first-order valence-corrected chi connectivity index (χ1v) is 8.92. The van der Waals surface area contributed by atoms with Gasteiger partial charge in [-0.25, -0.2) is 0 Å². The topological polar surface area (TPSA) is 54.9 Å². The molecule has 2 N–H and O–H groups in total. The summed E-state index contributed by atoms with van der Waals surface area (Å²) in [7, 11) is 1.80. The molecule has 0 amide bonds. The normalized spacial score (nSPS) is 17.8. The molecule has 1 aromatic rings. The highest BCUT2D eigenvalue weighted by atomic mass is 127. The molecular weight excluding hydrogens is 425 g/mol. The van der Waals surface area contributed by atoms with Gasteiger partial charge in [0.2, 0.25) is 0 Å². The molecule has 2 rings (SSSR count). The monoisotopic (exact) mass is 453 g/mol. The second kappa shape index (κ2) is 13.0. The van der Waals surface area contributed by atoms with Crippen molar-refractivity contribution in [3.8, 4) is 0 Å². The van der Waals surface area contributed by atoms with Crippen molar-refractivity contribution in [1.29, 1.82) is 0 Å². The Hall–Kier alpha value is -0.380. The van der Waals surface area contributed by atoms with Crippen LogP contribution in [0.1, 0.15) is 24.1 Å². The minimum Gasteiger partial charge on any atom is -0.379 e. The third-order valence-electron chi connectivity index (χ3n) is 3.55. The Labute approximate surface area is 160 Å². The van der Waals surface area contributed by atoms with Crippen molar-refractivity contribution in [2.75, 3.05) is 40.0 Å². The van der Waals surface area contributed by atoms with Crippen LogP contribution in [0.2, 0.25) is 0 Å². The largest absolute Gasteiger partial charge is 0.379 e. The zero-order valence-corrected chi connectivity index (χ0v) is 16.9. The van der Waals surface area contributed by atoms with E-state index < -0.39 is 0 Å². The summed E-state index contributed by atoms with van der Waals surface area (Å²) in [4.78, 5) is 5.62. The van der Waals surface area contributed by atoms with Crippen LogP contribution in [0.3, 0.4) is 0 Å². The molecule has 1 unspecified atom stereocenters. The summed E-state index contributed by atoms with van der Waals surface area (Å²) in [6.07, 6.45) is 4.63. The summed E-state index contributed by atoms with van der Waals surface area (Å²) < 4.78 is 11.2. The van der Waals surface area contributed by atoms with Crippen molar-refractivity contribution in [2.24, 2.45) is 4.99 Å². The SMILES string of the molecule is CN=C(NCCCOCC1CCCO1)NCCc1cccs1.I. The molecular formula is C16H28IN3O2S. The summed E-state index contributed by atoms with van der Waals surface area (Å²) in [5.41, 5.74) is 0. The fourth-order valence-corrected chi connectivity index (χ4v) is 3.06. The maximum absolute atomic E-state index is 5.64. The van der Waals surface area contributed by atoms with Gasteiger partial charge in [-0.15, -0.1) is 35.3 Å². The average molecular weight is 453 g/mol. The number of thiophene rings is 1. The van der Waals surface area contributed by atoms with E-state index in [1.54, 1.807) is 18.4 Å². The first kappa shape index (κ1) is 20.7. The van der Waals surface area contributed by atoms with Crippen molar-refractivity contribution in [1.82, 2.24) is 10.6 Å². The third kappa shape index (κ3) is 8.88. The number of aliphatic imine (C=N–C) groups is 1. The van der Waals surface area contributed by atoms with E-state index in [4.69, 9.17) is 9.47 Å². The van der Waals surface area contributed by atoms with Crippen molar-refractivity contribution in [3.63, 3.8) is 0 Å². The Morgan fingerprint density at radius 3 is 3.00 bits per heavy atom. The molecule has 1 saturated heterocycles. The molecule has 0 radical (unpaired) electrons. The maximum atomic E-state index is 5.64. The molecule has 0 saturated carbocycles. The lowest BCUT2D eigenvalue weighted by molar-refractivity contribution is 0.0168. The molecule has 2 heterocycles. The highest BCUT2D eigenvalue weighted by Gasteiger charge is 2.14. The van der Waals surface area contributed by atoms with E-state index in [2.05, 4.69) is 33.1 Å². The molecule has 7 heteroatoms. The molecule has 0 spiro atoms. The van der Waals surface area contributed by atoms with Crippen LogP contribution in [0, 0.1) is 0 Å². The van der Waals surface area contributed by atoms with Crippen LogP contribution in [-0.2, 0) is 15.9 Å². The molecule has 0 bridgehead atoms. The van der Waals surface area contributed by atoms with Gasteiger partial charge in [-0.3, -0.25) is 4.99 Å². The van der Waals surface area contributed by atoms with Crippen LogP contribution in [-0.4, -0.2) is 52.0 Å². The summed E-state index contributed by atoms with van der Waals surface area (Å²) >= 11 is 1.79. The van der Waals surface area contributed by atoms with Crippen LogP contribution >= 0.6 is 35.3 Å². The highest BCUT2D eigenvalue weighted by Crippen LogP contribution is 2.11. The third-order valence-corrected chi connectivity index (χ3v) is 4.49. The van der Waals surface area contributed by atoms with Crippen LogP contribution < -0.4 is 10.6 Å². The van der Waals surface area contributed by atoms with Crippen molar-refractivity contribution >= 4 is 41.3 Å². The molecule has 0 aromatic carbocycles. The maximum Gasteiger partial charge on any atom is 0.190 e. The number of halogens is 1. The van der Waals surface area contributed by atoms with Gasteiger partial charge in [0.15, 0.2) is 5.96 Å². The highest BCUT2D eigenvalue weighted by molar-refractivity contribution is 14.0. The van der Waals surface area contributed by atoms with Gasteiger partial charge in [0.05, 0.1) is 12.7 Å². The van der Waals surface area contributed by atoms with Gasteiger partial charge in [-0.2, -0.15) is 0 Å². The summed E-state index contributed by atoms with van der Waals surface area (Å²) in [6.45, 7) is 4.15. The molecule has 1 aliphatic rings. The smallest absolute Gasteiger partial charge is 0.190 e. The number of rotatable bonds is 9. The lowest BCUT2D eigenvalue weighted by atomic mass is 10.2. The number of nitrogens with zero attached hydrogens (tertiary/aromatic N) is 1. The zero-order chi connectivity index (χ0) is 15.5. The molecule has 5 nitrogen and oxygen atoms in total. The first-order chi connectivity index (χ1) is 10.9. The van der Waals surface area contributed by atoms with Crippen molar-refractivity contribution in [2.45, 2.75) is 31.8 Å². The Morgan fingerprint density at radius 1 is 1.43 bits per heavy atom. The average Bonchev–Trinajstić information content (AvgIpc) is 3.22. The van der Waals surface area contributed by atoms with Crippen LogP contribution in [0.5, 0.6) is 0 Å². The molecule has 23 heavy (non-hydrogen) atoms. The zero-order valence-electron chi connectivity index (χ0n) is 13.8. The fourth-order valence-electron chi connectivity index (χ4n) is 2.35. The van der Waals surface area contributed by atoms with Gasteiger partial charge < -0.3 is 20.1 Å². The van der Waals surface area contributed by atoms with E-state index in [0.717, 1.165) is 58.1 Å². The lowest BCUT2D eigenvalue weighted by Crippen LogP contribution is -2.39. The summed E-state index contributed by atoms with van der Waals surface area (Å²) in [5, 5.41) is 8.75. The van der Waals surface area contributed by atoms with E-state index in [1.165, 1.54) is 11.3 Å². The van der Waals surface area contributed by atoms with Crippen LogP contribution in [0.25, 0.3) is 0 Å². The quantitative estimate of drug-likeness (QED) is 0.261. The molecule has 1 atom stereocenters. The number of guanidine groups is 1. The Balaban J connectivity index is 0.00000264. The predicted octanol–water partition coefficient (Wildman–Crippen LogP) is 2.66. The molecule has 0 aliphatic carbocycles. The first-order valence-electron chi connectivity index (χ1n) is 8.04. The van der Waals surface area contributed by atoms with Gasteiger partial charge >= 0.3 is 0 Å². The lowest BCUT2D eigenvalue weighted by Gasteiger charge is -2.12. The second-order valence-electron chi connectivity index (χ2n) is 5.32. The van der Waals surface area contributed by atoms with E-state index >= 15 is 0 Å². The Kier molecular flexibility index (Phi) is 11.7. The molecule has 1 fully saturated rings. The number of ether oxygens (including phenoxy) is 2. The van der Waals surface area contributed by atoms with Crippen molar-refractivity contribution < 1.29 is 9.47 Å². The number of hydrogen-bond donors (Lipinski definition) is 2. The van der Waals surface area contributed by atoms with E-state index in [0.29, 0.717) is 6.10 Å². The number of hydrogen-bond acceptors (Lipinski definition) is 4. The Bertz CT molecular complexity index is 423. The Morgan fingerprint density at radius 2 is 2.30 bits per heavy atom. The van der Waals surface area contributed by atoms with E-state index in [9.17, 15) is 0 Å². The summed E-state index contributed by atoms with van der Waals surface area (Å²) in [6, 6.07) is 4.25. The molecule has 1 aliphatic heterocycles. The van der Waals surface area contributed by atoms with Gasteiger partial charge in [0.1, 0.15) is 0 Å². The predicted molar refractivity (Wildman–Crippen MR) is 107 cm³/mol. The minimum atomic E-state index is 0. The van der Waals surface area contributed by atoms with Gasteiger partial charge in [0, 0.05) is 38.2 Å². The fraction of sp³-hybridized carbons (Fsp3) is 0.688. The van der Waals surface area contributed by atoms with Crippen LogP contribution in [0.15, 0.2) is 22.5 Å². The molecule has 1 aromatic heterocycles. The second-order valence-corrected chi connectivity index (χ2v) is 6.35.